The monoisotopic (exact) mass is 318 g/mol. The first-order valence-electron chi connectivity index (χ1n) is 8.08. The van der Waals surface area contributed by atoms with E-state index in [-0.39, 0.29) is 18.4 Å². The molecule has 0 saturated heterocycles. The van der Waals surface area contributed by atoms with Crippen LogP contribution in [0.4, 0.5) is 0 Å². The maximum absolute atomic E-state index is 12.6. The number of aromatic nitrogens is 1. The minimum atomic E-state index is -0.629. The van der Waals surface area contributed by atoms with Crippen LogP contribution in [-0.4, -0.2) is 28.1 Å². The molecule has 6 heteroatoms. The zero-order valence-electron chi connectivity index (χ0n) is 13.2. The highest BCUT2D eigenvalue weighted by Crippen LogP contribution is 2.32. The van der Waals surface area contributed by atoms with Crippen LogP contribution >= 0.6 is 0 Å². The summed E-state index contributed by atoms with van der Waals surface area (Å²) in [5.74, 6) is -0.515. The van der Waals surface area contributed by atoms with Crippen LogP contribution in [0.3, 0.4) is 0 Å². The average molecular weight is 318 g/mol. The number of hydrogen-bond donors (Lipinski definition) is 3. The molecule has 3 N–H and O–H groups in total. The Morgan fingerprint density at radius 2 is 2.13 bits per heavy atom. The lowest BCUT2D eigenvalue weighted by atomic mass is 9.76. The van der Waals surface area contributed by atoms with Gasteiger partial charge in [0.05, 0.1) is 17.7 Å². The van der Waals surface area contributed by atoms with Crippen LogP contribution in [0.2, 0.25) is 0 Å². The van der Waals surface area contributed by atoms with Crippen molar-refractivity contribution >= 4 is 17.0 Å². The van der Waals surface area contributed by atoms with Gasteiger partial charge in [-0.15, -0.1) is 0 Å². The standard InChI is InChI=1S/C17H22N2O4/c1-17(10-20,12-5-3-2-4-6-12)19-15(21)11-7-8-14-13(9-11)18-16(22)23-14/h7-9,12,20H,2-6,10H2,1H3,(H,18,22)(H,19,21). The lowest BCUT2D eigenvalue weighted by Crippen LogP contribution is -2.54. The number of carbonyl (C=O) groups excluding carboxylic acids is 1. The van der Waals surface area contributed by atoms with E-state index in [0.717, 1.165) is 25.7 Å². The molecule has 1 aromatic heterocycles. The topological polar surface area (TPSA) is 95.3 Å². The van der Waals surface area contributed by atoms with Crippen molar-refractivity contribution in [2.75, 3.05) is 6.61 Å². The summed E-state index contributed by atoms with van der Waals surface area (Å²) in [4.78, 5) is 26.3. The molecule has 6 nitrogen and oxygen atoms in total. The van der Waals surface area contributed by atoms with Crippen LogP contribution in [0, 0.1) is 5.92 Å². The van der Waals surface area contributed by atoms with Crippen LogP contribution < -0.4 is 11.1 Å². The molecular formula is C17H22N2O4. The second-order valence-corrected chi connectivity index (χ2v) is 6.59. The fourth-order valence-corrected chi connectivity index (χ4v) is 3.44. The summed E-state index contributed by atoms with van der Waals surface area (Å²) in [7, 11) is 0. The van der Waals surface area contributed by atoms with Crippen molar-refractivity contribution in [1.29, 1.82) is 0 Å². The zero-order valence-corrected chi connectivity index (χ0v) is 13.2. The molecule has 1 saturated carbocycles. The number of rotatable bonds is 4. The molecular weight excluding hydrogens is 296 g/mol. The summed E-state index contributed by atoms with van der Waals surface area (Å²) >= 11 is 0. The summed E-state index contributed by atoms with van der Waals surface area (Å²) in [5.41, 5.74) is 0.718. The van der Waals surface area contributed by atoms with Gasteiger partial charge in [-0.1, -0.05) is 19.3 Å². The number of amides is 1. The van der Waals surface area contributed by atoms with E-state index in [4.69, 9.17) is 4.42 Å². The molecule has 0 radical (unpaired) electrons. The molecule has 0 spiro atoms. The summed E-state index contributed by atoms with van der Waals surface area (Å²) in [6.07, 6.45) is 5.53. The molecule has 0 aliphatic heterocycles. The van der Waals surface area contributed by atoms with Crippen LogP contribution in [0.1, 0.15) is 49.4 Å². The van der Waals surface area contributed by atoms with Crippen molar-refractivity contribution in [3.8, 4) is 0 Å². The third-order valence-electron chi connectivity index (χ3n) is 4.91. The highest BCUT2D eigenvalue weighted by molar-refractivity contribution is 5.97. The van der Waals surface area contributed by atoms with Crippen molar-refractivity contribution in [3.05, 3.63) is 34.3 Å². The molecule has 1 unspecified atom stereocenters. The number of aromatic amines is 1. The van der Waals surface area contributed by atoms with Crippen molar-refractivity contribution in [2.45, 2.75) is 44.6 Å². The molecule has 1 heterocycles. The Morgan fingerprint density at radius 1 is 1.39 bits per heavy atom. The van der Waals surface area contributed by atoms with Gasteiger partial charge in [0, 0.05) is 5.56 Å². The average Bonchev–Trinajstić information content (AvgIpc) is 2.94. The fourth-order valence-electron chi connectivity index (χ4n) is 3.44. The predicted molar refractivity (Wildman–Crippen MR) is 86.4 cm³/mol. The number of oxazole rings is 1. The third-order valence-corrected chi connectivity index (χ3v) is 4.91. The lowest BCUT2D eigenvalue weighted by Gasteiger charge is -2.39. The van der Waals surface area contributed by atoms with Gasteiger partial charge < -0.3 is 14.8 Å². The van der Waals surface area contributed by atoms with E-state index in [0.29, 0.717) is 16.7 Å². The van der Waals surface area contributed by atoms with E-state index < -0.39 is 11.3 Å². The van der Waals surface area contributed by atoms with E-state index in [1.165, 1.54) is 6.42 Å². The third kappa shape index (κ3) is 3.17. The number of nitrogens with one attached hydrogen (secondary N) is 2. The van der Waals surface area contributed by atoms with Gasteiger partial charge in [0.2, 0.25) is 0 Å². The number of fused-ring (bicyclic) bond motifs is 1. The molecule has 0 bridgehead atoms. The Balaban J connectivity index is 1.81. The van der Waals surface area contributed by atoms with E-state index in [1.807, 2.05) is 6.92 Å². The molecule has 3 rings (SSSR count). The second kappa shape index (κ2) is 6.20. The van der Waals surface area contributed by atoms with Gasteiger partial charge in [-0.25, -0.2) is 4.79 Å². The normalized spacial score (nSPS) is 18.7. The number of aliphatic hydroxyl groups is 1. The van der Waals surface area contributed by atoms with E-state index in [9.17, 15) is 14.7 Å². The van der Waals surface area contributed by atoms with Gasteiger partial charge in [0.25, 0.3) is 5.91 Å². The smallest absolute Gasteiger partial charge is 0.408 e. The number of H-pyrrole nitrogens is 1. The zero-order chi connectivity index (χ0) is 16.4. The maximum Gasteiger partial charge on any atom is 0.417 e. The molecule has 1 atom stereocenters. The van der Waals surface area contributed by atoms with Gasteiger partial charge >= 0.3 is 5.76 Å². The summed E-state index contributed by atoms with van der Waals surface area (Å²) < 4.78 is 4.94. The van der Waals surface area contributed by atoms with Crippen molar-refractivity contribution in [2.24, 2.45) is 5.92 Å². The molecule has 124 valence electrons. The van der Waals surface area contributed by atoms with Crippen LogP contribution in [0.25, 0.3) is 11.1 Å². The highest BCUT2D eigenvalue weighted by atomic mass is 16.4. The van der Waals surface area contributed by atoms with Crippen LogP contribution in [0.15, 0.2) is 27.4 Å². The Bertz CT molecular complexity index is 757. The van der Waals surface area contributed by atoms with E-state index in [1.54, 1.807) is 18.2 Å². The molecule has 2 aromatic rings. The summed E-state index contributed by atoms with van der Waals surface area (Å²) in [6.45, 7) is 1.81. The molecule has 1 aliphatic rings. The second-order valence-electron chi connectivity index (χ2n) is 6.59. The Hall–Kier alpha value is -2.08. The lowest BCUT2D eigenvalue weighted by molar-refractivity contribution is 0.0680. The Kier molecular flexibility index (Phi) is 4.26. The van der Waals surface area contributed by atoms with Gasteiger partial charge in [-0.3, -0.25) is 9.78 Å². The van der Waals surface area contributed by atoms with Crippen molar-refractivity contribution in [1.82, 2.24) is 10.3 Å². The molecule has 1 amide bonds. The number of aliphatic hydroxyl groups excluding tert-OH is 1. The fraction of sp³-hybridized carbons (Fsp3) is 0.529. The molecule has 23 heavy (non-hydrogen) atoms. The minimum Gasteiger partial charge on any atom is -0.408 e. The number of carbonyl (C=O) groups is 1. The van der Waals surface area contributed by atoms with Crippen molar-refractivity contribution in [3.63, 3.8) is 0 Å². The summed E-state index contributed by atoms with van der Waals surface area (Å²) in [5, 5.41) is 12.8. The first-order chi connectivity index (χ1) is 11.0. The van der Waals surface area contributed by atoms with E-state index >= 15 is 0 Å². The SMILES string of the molecule is CC(CO)(NC(=O)c1ccc2oc(=O)[nH]c2c1)C1CCCCC1. The largest absolute Gasteiger partial charge is 0.417 e. The van der Waals surface area contributed by atoms with Crippen molar-refractivity contribution < 1.29 is 14.3 Å². The van der Waals surface area contributed by atoms with Crippen LogP contribution in [-0.2, 0) is 0 Å². The first kappa shape index (κ1) is 15.8. The van der Waals surface area contributed by atoms with Gasteiger partial charge in [-0.2, -0.15) is 0 Å². The van der Waals surface area contributed by atoms with E-state index in [2.05, 4.69) is 10.3 Å². The Morgan fingerprint density at radius 3 is 2.83 bits per heavy atom. The maximum atomic E-state index is 12.6. The quantitative estimate of drug-likeness (QED) is 0.805. The first-order valence-corrected chi connectivity index (χ1v) is 8.08. The molecule has 1 fully saturated rings. The predicted octanol–water partition coefficient (Wildman–Crippen LogP) is 2.18. The minimum absolute atomic E-state index is 0.0891. The summed E-state index contributed by atoms with van der Waals surface area (Å²) in [6, 6.07) is 4.81. The molecule has 1 aliphatic carbocycles. The van der Waals surface area contributed by atoms with Gasteiger partial charge in [-0.05, 0) is 43.9 Å². The van der Waals surface area contributed by atoms with Gasteiger partial charge in [0.1, 0.15) is 0 Å². The number of hydrogen-bond acceptors (Lipinski definition) is 4. The molecule has 1 aromatic carbocycles. The van der Waals surface area contributed by atoms with Crippen LogP contribution in [0.5, 0.6) is 0 Å². The number of benzene rings is 1. The highest BCUT2D eigenvalue weighted by Gasteiger charge is 2.36. The Labute approximate surface area is 133 Å². The van der Waals surface area contributed by atoms with Gasteiger partial charge in [0.15, 0.2) is 5.58 Å².